The SMILES string of the molecule is CCCCCc1cc2c(cc1CCCCC)-c1nc-2nc2[n-]c(nc3nc(nc4[n-]c(n1)c1cc(CCCCC)c(CCCCC)cc41)-c1cc(CCCCC)c(CCCCC)cc1-3)c1cc(CCCCC)c(CCCCC)cc21. The average Bonchev–Trinajstić information content (AvgIpc) is 4.23. The molecule has 426 valence electrons. The first-order valence-electron chi connectivity index (χ1n) is 32.7. The second-order valence-corrected chi connectivity index (χ2v) is 23.8. The van der Waals surface area contributed by atoms with Crippen LogP contribution in [0.4, 0.5) is 0 Å². The minimum Gasteiger partial charge on any atom is -0.357 e. The summed E-state index contributed by atoms with van der Waals surface area (Å²) >= 11 is 0. The Morgan fingerprint density at radius 2 is 0.400 bits per heavy atom. The number of aromatic nitrogens is 8. The largest absolute Gasteiger partial charge is 0.357 e. The van der Waals surface area contributed by atoms with Crippen molar-refractivity contribution < 1.29 is 0 Å². The van der Waals surface area contributed by atoms with Gasteiger partial charge < -0.3 is 29.9 Å². The monoisotopic (exact) mass is 1070 g/mol. The van der Waals surface area contributed by atoms with Gasteiger partial charge in [-0.25, -0.2) is 9.97 Å². The van der Waals surface area contributed by atoms with E-state index in [-0.39, 0.29) is 0 Å². The van der Waals surface area contributed by atoms with Gasteiger partial charge in [-0.3, -0.25) is 0 Å². The van der Waals surface area contributed by atoms with E-state index in [1.165, 1.54) is 147 Å². The second kappa shape index (κ2) is 29.3. The quantitative estimate of drug-likeness (QED) is 0.0384. The van der Waals surface area contributed by atoms with E-state index >= 15 is 0 Å². The molecule has 0 aliphatic carbocycles. The molecule has 2 aliphatic heterocycles. The lowest BCUT2D eigenvalue weighted by atomic mass is 9.92. The number of fused-ring (bicyclic) bond motifs is 20. The molecule has 0 spiro atoms. The Labute approximate surface area is 481 Å². The number of aryl methyl sites for hydroxylation is 8. The molecule has 2 aliphatic rings. The number of hydrogen-bond acceptors (Lipinski definition) is 6. The third-order valence-corrected chi connectivity index (χ3v) is 17.4. The molecule has 0 saturated carbocycles. The number of rotatable bonds is 32. The fourth-order valence-electron chi connectivity index (χ4n) is 12.6. The van der Waals surface area contributed by atoms with Crippen molar-refractivity contribution in [3.8, 4) is 45.6 Å². The standard InChI is InChI=1S/C72H96N8/c1-9-17-25-33-49-41-57-58(42-50(49)34-26-18-10-2)66-73-65(57)77-67-59-43-51(35-27-19-11-3)52(36-28-20-12-4)44-60(59)69(74-67)79-71-63-47-55(39-31-23-15-7)56(40-32-24-16-8)48-64(63)72(76-71)80-70-62-46-54(38-30-22-14-6)53(37-29-21-13-5)45-61(62)68(75-70)78-66/h41-48H,9-40H2,1-8H3/q-2. The van der Waals surface area contributed by atoms with Crippen molar-refractivity contribution in [3.63, 3.8) is 0 Å². The van der Waals surface area contributed by atoms with E-state index < -0.39 is 0 Å². The van der Waals surface area contributed by atoms with Crippen LogP contribution >= 0.6 is 0 Å². The smallest absolute Gasteiger partial charge is 0.0927 e. The van der Waals surface area contributed by atoms with Crippen LogP contribution in [0.1, 0.15) is 254 Å². The van der Waals surface area contributed by atoms with Crippen LogP contribution < -0.4 is 9.97 Å². The summed E-state index contributed by atoms with van der Waals surface area (Å²) in [5.41, 5.74) is 18.1. The Morgan fingerprint density at radius 1 is 0.225 bits per heavy atom. The lowest BCUT2D eigenvalue weighted by Gasteiger charge is -2.14. The molecule has 0 N–H and O–H groups in total. The number of unbranched alkanes of at least 4 members (excludes halogenated alkanes) is 16. The van der Waals surface area contributed by atoms with Crippen molar-refractivity contribution in [2.24, 2.45) is 0 Å². The number of benzene rings is 4. The van der Waals surface area contributed by atoms with Crippen molar-refractivity contribution in [2.75, 3.05) is 0 Å². The maximum Gasteiger partial charge on any atom is 0.0927 e. The van der Waals surface area contributed by atoms with Crippen LogP contribution in [0.3, 0.4) is 0 Å². The van der Waals surface area contributed by atoms with Crippen molar-refractivity contribution in [3.05, 3.63) is 93.0 Å². The fourth-order valence-corrected chi connectivity index (χ4v) is 12.6. The van der Waals surface area contributed by atoms with Crippen LogP contribution in [0.5, 0.6) is 0 Å². The Bertz CT molecular complexity index is 2920. The Balaban J connectivity index is 1.41. The first-order chi connectivity index (χ1) is 39.3. The topological polar surface area (TPSA) is 106 Å². The summed E-state index contributed by atoms with van der Waals surface area (Å²) in [6.07, 6.45) is 36.7. The zero-order valence-corrected chi connectivity index (χ0v) is 50.8. The Kier molecular flexibility index (Phi) is 21.6. The highest BCUT2D eigenvalue weighted by Gasteiger charge is 2.23. The molecule has 7 aromatic rings. The molecule has 8 heteroatoms. The predicted molar refractivity (Wildman–Crippen MR) is 340 cm³/mol. The fraction of sp³-hybridized carbons (Fsp3) is 0.556. The van der Waals surface area contributed by atoms with Gasteiger partial charge in [0.15, 0.2) is 0 Å². The van der Waals surface area contributed by atoms with Crippen LogP contribution in [0.2, 0.25) is 0 Å². The Morgan fingerprint density at radius 3 is 0.575 bits per heavy atom. The highest BCUT2D eigenvalue weighted by Crippen LogP contribution is 2.41. The first-order valence-corrected chi connectivity index (χ1v) is 32.7. The molecule has 5 heterocycles. The van der Waals surface area contributed by atoms with Crippen molar-refractivity contribution in [1.29, 1.82) is 0 Å². The summed E-state index contributed by atoms with van der Waals surface area (Å²) in [6.45, 7) is 18.4. The number of hydrogen-bond donors (Lipinski definition) is 0. The lowest BCUT2D eigenvalue weighted by molar-refractivity contribution is 0.694. The van der Waals surface area contributed by atoms with Crippen LogP contribution in [0, 0.1) is 0 Å². The third-order valence-electron chi connectivity index (χ3n) is 17.4. The van der Waals surface area contributed by atoms with Gasteiger partial charge in [0.05, 0.1) is 23.3 Å². The van der Waals surface area contributed by atoms with Gasteiger partial charge >= 0.3 is 0 Å². The first kappa shape index (κ1) is 58.9. The molecular formula is C72H96N8-2. The molecule has 8 bridgehead atoms. The summed E-state index contributed by atoms with van der Waals surface area (Å²) in [6, 6.07) is 19.4. The molecule has 0 fully saturated rings. The van der Waals surface area contributed by atoms with Gasteiger partial charge in [-0.2, -0.15) is 0 Å². The summed E-state index contributed by atoms with van der Waals surface area (Å²) < 4.78 is 0. The van der Waals surface area contributed by atoms with Gasteiger partial charge in [0.25, 0.3) is 0 Å². The molecule has 0 atom stereocenters. The van der Waals surface area contributed by atoms with Gasteiger partial charge in [0.2, 0.25) is 0 Å². The molecular weight excluding hydrogens is 977 g/mol. The summed E-state index contributed by atoms with van der Waals surface area (Å²) in [7, 11) is 0. The van der Waals surface area contributed by atoms with E-state index in [1.807, 2.05) is 0 Å². The normalized spacial score (nSPS) is 12.1. The van der Waals surface area contributed by atoms with E-state index in [0.29, 0.717) is 45.9 Å². The summed E-state index contributed by atoms with van der Waals surface area (Å²) in [4.78, 5) is 44.7. The maximum absolute atomic E-state index is 5.64. The van der Waals surface area contributed by atoms with Gasteiger partial charge in [-0.05, 0) is 217 Å². The Hall–Kier alpha value is -5.76. The molecule has 9 rings (SSSR count). The van der Waals surface area contributed by atoms with Crippen LogP contribution in [-0.2, 0) is 51.4 Å². The van der Waals surface area contributed by atoms with Crippen LogP contribution in [0.15, 0.2) is 48.5 Å². The molecule has 80 heavy (non-hydrogen) atoms. The highest BCUT2D eigenvalue weighted by atomic mass is 15.1. The van der Waals surface area contributed by atoms with E-state index in [0.717, 1.165) is 147 Å². The molecule has 8 nitrogen and oxygen atoms in total. The molecule has 3 aromatic heterocycles. The third kappa shape index (κ3) is 13.9. The van der Waals surface area contributed by atoms with Crippen molar-refractivity contribution in [1.82, 2.24) is 39.9 Å². The van der Waals surface area contributed by atoms with E-state index in [9.17, 15) is 0 Å². The summed E-state index contributed by atoms with van der Waals surface area (Å²) in [5, 5.41) is 4.13. The second-order valence-electron chi connectivity index (χ2n) is 23.8. The van der Waals surface area contributed by atoms with Crippen LogP contribution in [-0.4, -0.2) is 29.9 Å². The van der Waals surface area contributed by atoms with Crippen molar-refractivity contribution >= 4 is 44.1 Å². The maximum atomic E-state index is 5.64. The summed E-state index contributed by atoms with van der Waals surface area (Å²) in [5.74, 6) is 2.66. The van der Waals surface area contributed by atoms with Gasteiger partial charge in [0, 0.05) is 44.8 Å². The van der Waals surface area contributed by atoms with E-state index in [1.54, 1.807) is 0 Å². The van der Waals surface area contributed by atoms with Gasteiger partial charge in [0.1, 0.15) is 0 Å². The minimum atomic E-state index is 0.666. The molecule has 0 saturated heterocycles. The van der Waals surface area contributed by atoms with E-state index in [2.05, 4.69) is 104 Å². The molecule has 4 aromatic carbocycles. The van der Waals surface area contributed by atoms with Crippen LogP contribution in [0.25, 0.3) is 89.7 Å². The highest BCUT2D eigenvalue weighted by molar-refractivity contribution is 6.07. The predicted octanol–water partition coefficient (Wildman–Crippen LogP) is 20.0. The van der Waals surface area contributed by atoms with Gasteiger partial charge in [-0.1, -0.05) is 158 Å². The van der Waals surface area contributed by atoms with Gasteiger partial charge in [-0.15, -0.1) is 0 Å². The lowest BCUT2D eigenvalue weighted by Crippen LogP contribution is -1.98. The molecule has 0 radical (unpaired) electrons. The zero-order valence-electron chi connectivity index (χ0n) is 50.8. The number of nitrogens with zero attached hydrogens (tertiary/aromatic N) is 8. The minimum absolute atomic E-state index is 0.666. The molecule has 0 amide bonds. The zero-order chi connectivity index (χ0) is 55.8. The van der Waals surface area contributed by atoms with Crippen molar-refractivity contribution in [2.45, 2.75) is 261 Å². The van der Waals surface area contributed by atoms with E-state index in [4.69, 9.17) is 39.9 Å². The molecule has 0 unspecified atom stereocenters. The average molecular weight is 1070 g/mol.